The Kier molecular flexibility index (Phi) is 5.37. The Bertz CT molecular complexity index is 265. The predicted octanol–water partition coefficient (Wildman–Crippen LogP) is -0.544. The quantitative estimate of drug-likeness (QED) is 0.708. The first-order valence-corrected chi connectivity index (χ1v) is 6.90. The number of carbonyl (C=O) groups is 1. The fraction of sp³-hybridized carbons (Fsp3) is 0.900. The number of hydrogen-bond acceptors (Lipinski definition) is 4. The van der Waals surface area contributed by atoms with Gasteiger partial charge in [0.1, 0.15) is 5.25 Å². The number of likely N-dealkylation sites (N-methyl/N-ethyl adjacent to an activating group) is 1. The zero-order valence-electron chi connectivity index (χ0n) is 9.89. The van der Waals surface area contributed by atoms with Gasteiger partial charge in [0.05, 0.1) is 0 Å². The lowest BCUT2D eigenvalue weighted by atomic mass is 10.3. The molecule has 0 aromatic carbocycles. The van der Waals surface area contributed by atoms with Crippen LogP contribution in [0.1, 0.15) is 6.92 Å². The number of carboxylic acid groups (broad SMARTS) is 1. The molecule has 0 aromatic heterocycles. The summed E-state index contributed by atoms with van der Waals surface area (Å²) in [5, 5.41) is 7.95. The van der Waals surface area contributed by atoms with Crippen LogP contribution in [-0.2, 0) is 15.6 Å². The molecule has 1 heterocycles. The second-order valence-electron chi connectivity index (χ2n) is 4.21. The third-order valence-electron chi connectivity index (χ3n) is 2.95. The van der Waals surface area contributed by atoms with Crippen LogP contribution in [0.25, 0.3) is 0 Å². The SMILES string of the molecule is CC(C(=O)O)S(=O)CCN1CCN(C)CC1. The first kappa shape index (κ1) is 13.6. The van der Waals surface area contributed by atoms with E-state index in [1.165, 1.54) is 6.92 Å². The molecule has 1 fully saturated rings. The standard InChI is InChI=1S/C10H20N2O3S/c1-9(10(13)14)16(15)8-7-12-5-3-11(2)4-6-12/h9H,3-8H2,1-2H3,(H,13,14). The van der Waals surface area contributed by atoms with Crippen molar-refractivity contribution < 1.29 is 14.1 Å². The topological polar surface area (TPSA) is 60.9 Å². The van der Waals surface area contributed by atoms with Crippen molar-refractivity contribution in [1.29, 1.82) is 0 Å². The maximum Gasteiger partial charge on any atom is 0.318 e. The molecule has 1 aliphatic heterocycles. The van der Waals surface area contributed by atoms with Crippen molar-refractivity contribution in [3.63, 3.8) is 0 Å². The average molecular weight is 248 g/mol. The van der Waals surface area contributed by atoms with Gasteiger partial charge in [-0.05, 0) is 14.0 Å². The molecule has 0 radical (unpaired) electrons. The van der Waals surface area contributed by atoms with Crippen LogP contribution in [0.5, 0.6) is 0 Å². The molecule has 1 aliphatic rings. The van der Waals surface area contributed by atoms with E-state index in [1.807, 2.05) is 0 Å². The van der Waals surface area contributed by atoms with Crippen molar-refractivity contribution >= 4 is 16.8 Å². The fourth-order valence-corrected chi connectivity index (χ4v) is 2.60. The van der Waals surface area contributed by atoms with Crippen LogP contribution in [-0.4, -0.2) is 75.9 Å². The lowest BCUT2D eigenvalue weighted by molar-refractivity contribution is -0.136. The van der Waals surface area contributed by atoms with Crippen LogP contribution in [0.2, 0.25) is 0 Å². The third-order valence-corrected chi connectivity index (χ3v) is 4.52. The highest BCUT2D eigenvalue weighted by Gasteiger charge is 2.20. The second kappa shape index (κ2) is 6.32. The highest BCUT2D eigenvalue weighted by Crippen LogP contribution is 2.01. The van der Waals surface area contributed by atoms with Crippen LogP contribution in [0, 0.1) is 0 Å². The van der Waals surface area contributed by atoms with E-state index in [9.17, 15) is 9.00 Å². The molecule has 0 bridgehead atoms. The van der Waals surface area contributed by atoms with E-state index in [0.29, 0.717) is 5.75 Å². The first-order valence-electron chi connectivity index (χ1n) is 5.51. The van der Waals surface area contributed by atoms with Gasteiger partial charge in [-0.1, -0.05) is 0 Å². The molecule has 0 spiro atoms. The summed E-state index contributed by atoms with van der Waals surface area (Å²) in [5.74, 6) is -0.520. The van der Waals surface area contributed by atoms with Crippen LogP contribution in [0.4, 0.5) is 0 Å². The largest absolute Gasteiger partial charge is 0.480 e. The monoisotopic (exact) mass is 248 g/mol. The molecule has 0 aromatic rings. The Labute approximate surface area is 98.9 Å². The van der Waals surface area contributed by atoms with Crippen LogP contribution in [0.3, 0.4) is 0 Å². The third kappa shape index (κ3) is 4.19. The second-order valence-corrected chi connectivity index (χ2v) is 6.09. The zero-order chi connectivity index (χ0) is 12.1. The van der Waals surface area contributed by atoms with Gasteiger partial charge >= 0.3 is 5.97 Å². The number of aliphatic carboxylic acids is 1. The molecule has 6 heteroatoms. The van der Waals surface area contributed by atoms with E-state index in [0.717, 1.165) is 32.7 Å². The molecule has 1 N–H and O–H groups in total. The minimum Gasteiger partial charge on any atom is -0.480 e. The summed E-state index contributed by atoms with van der Waals surface area (Å²) in [6.45, 7) is 6.26. The average Bonchev–Trinajstić information content (AvgIpc) is 2.26. The van der Waals surface area contributed by atoms with E-state index in [-0.39, 0.29) is 0 Å². The molecule has 0 saturated carbocycles. The van der Waals surface area contributed by atoms with Gasteiger partial charge in [0, 0.05) is 49.3 Å². The van der Waals surface area contributed by atoms with Crippen molar-refractivity contribution in [2.75, 3.05) is 45.5 Å². The van der Waals surface area contributed by atoms with E-state index in [1.54, 1.807) is 0 Å². The van der Waals surface area contributed by atoms with Gasteiger partial charge in [-0.3, -0.25) is 13.9 Å². The van der Waals surface area contributed by atoms with Crippen molar-refractivity contribution in [2.24, 2.45) is 0 Å². The molecular formula is C10H20N2O3S. The maximum atomic E-state index is 11.6. The van der Waals surface area contributed by atoms with E-state index >= 15 is 0 Å². The Hall–Kier alpha value is -0.460. The smallest absolute Gasteiger partial charge is 0.318 e. The van der Waals surface area contributed by atoms with Gasteiger partial charge < -0.3 is 10.0 Å². The summed E-state index contributed by atoms with van der Waals surface area (Å²) in [6, 6.07) is 0. The highest BCUT2D eigenvalue weighted by molar-refractivity contribution is 7.86. The molecule has 1 rings (SSSR count). The van der Waals surface area contributed by atoms with Gasteiger partial charge in [0.25, 0.3) is 0 Å². The van der Waals surface area contributed by atoms with Crippen LogP contribution < -0.4 is 0 Å². The Morgan fingerprint density at radius 1 is 1.38 bits per heavy atom. The van der Waals surface area contributed by atoms with Crippen LogP contribution in [0.15, 0.2) is 0 Å². The molecule has 2 atom stereocenters. The summed E-state index contributed by atoms with van der Waals surface area (Å²) in [7, 11) is 0.825. The van der Waals surface area contributed by atoms with E-state index in [4.69, 9.17) is 5.11 Å². The minimum absolute atomic E-state index is 0.456. The van der Waals surface area contributed by atoms with Crippen molar-refractivity contribution in [2.45, 2.75) is 12.2 Å². The van der Waals surface area contributed by atoms with E-state index < -0.39 is 22.0 Å². The zero-order valence-corrected chi connectivity index (χ0v) is 10.7. The lowest BCUT2D eigenvalue weighted by Crippen LogP contribution is -2.46. The molecule has 1 saturated heterocycles. The highest BCUT2D eigenvalue weighted by atomic mass is 32.2. The number of nitrogens with zero attached hydrogens (tertiary/aromatic N) is 2. The summed E-state index contributed by atoms with van der Waals surface area (Å²) in [4.78, 5) is 15.1. The van der Waals surface area contributed by atoms with Crippen molar-refractivity contribution in [1.82, 2.24) is 9.80 Å². The van der Waals surface area contributed by atoms with Crippen LogP contribution >= 0.6 is 0 Å². The normalized spacial score (nSPS) is 22.9. The number of piperazine rings is 1. The lowest BCUT2D eigenvalue weighted by Gasteiger charge is -2.32. The van der Waals surface area contributed by atoms with E-state index in [2.05, 4.69) is 16.8 Å². The number of rotatable bonds is 5. The molecule has 94 valence electrons. The summed E-state index contributed by atoms with van der Waals surface area (Å²) in [6.07, 6.45) is 0. The maximum absolute atomic E-state index is 11.6. The molecule has 2 unspecified atom stereocenters. The molecule has 0 amide bonds. The summed E-state index contributed by atoms with van der Waals surface area (Å²) in [5.41, 5.74) is 0. The van der Waals surface area contributed by atoms with Gasteiger partial charge in [0.15, 0.2) is 0 Å². The summed E-state index contributed by atoms with van der Waals surface area (Å²) < 4.78 is 11.6. The number of hydrogen-bond donors (Lipinski definition) is 1. The molecular weight excluding hydrogens is 228 g/mol. The summed E-state index contributed by atoms with van der Waals surface area (Å²) >= 11 is 0. The minimum atomic E-state index is -1.26. The first-order chi connectivity index (χ1) is 7.50. The predicted molar refractivity (Wildman–Crippen MR) is 64.0 cm³/mol. The Morgan fingerprint density at radius 2 is 1.94 bits per heavy atom. The fourth-order valence-electron chi connectivity index (χ4n) is 1.58. The molecule has 5 nitrogen and oxygen atoms in total. The molecule has 16 heavy (non-hydrogen) atoms. The van der Waals surface area contributed by atoms with Crippen molar-refractivity contribution in [3.05, 3.63) is 0 Å². The Balaban J connectivity index is 2.24. The van der Waals surface area contributed by atoms with Gasteiger partial charge in [-0.15, -0.1) is 0 Å². The Morgan fingerprint density at radius 3 is 2.44 bits per heavy atom. The number of carboxylic acids is 1. The van der Waals surface area contributed by atoms with Gasteiger partial charge in [-0.2, -0.15) is 0 Å². The van der Waals surface area contributed by atoms with Gasteiger partial charge in [-0.25, -0.2) is 0 Å². The van der Waals surface area contributed by atoms with Gasteiger partial charge in [0.2, 0.25) is 0 Å². The van der Waals surface area contributed by atoms with Crippen molar-refractivity contribution in [3.8, 4) is 0 Å². The molecule has 0 aliphatic carbocycles.